The Morgan fingerprint density at radius 1 is 1.17 bits per heavy atom. The van der Waals surface area contributed by atoms with E-state index in [4.69, 9.17) is 4.42 Å². The lowest BCUT2D eigenvalue weighted by Gasteiger charge is -2.68. The number of piperazine rings is 1. The summed E-state index contributed by atoms with van der Waals surface area (Å²) >= 11 is 0. The van der Waals surface area contributed by atoms with Gasteiger partial charge in [-0.15, -0.1) is 0 Å². The standard InChI is InChI=1S/C18H18N2O3/c21-16-12-3-1-2-4-14(12)23-11-13(16)17(22)20-10-9-19-8-7-18(19)6-5-15(18)20/h1-4,11,15H,5-10H2. The molecule has 1 aromatic carbocycles. The normalized spacial score (nSPS) is 29.4. The number of para-hydroxylation sites is 1. The summed E-state index contributed by atoms with van der Waals surface area (Å²) in [6.45, 7) is 2.77. The first-order valence-electron chi connectivity index (χ1n) is 8.27. The van der Waals surface area contributed by atoms with E-state index < -0.39 is 0 Å². The van der Waals surface area contributed by atoms with Crippen LogP contribution in [0.4, 0.5) is 0 Å². The van der Waals surface area contributed by atoms with Gasteiger partial charge >= 0.3 is 0 Å². The summed E-state index contributed by atoms with van der Waals surface area (Å²) in [6.07, 6.45) is 4.73. The van der Waals surface area contributed by atoms with Crippen molar-refractivity contribution in [3.63, 3.8) is 0 Å². The molecule has 1 saturated carbocycles. The third-order valence-electron chi connectivity index (χ3n) is 6.07. The molecule has 118 valence electrons. The fourth-order valence-electron chi connectivity index (χ4n) is 4.61. The number of hydrogen-bond donors (Lipinski definition) is 0. The minimum Gasteiger partial charge on any atom is -0.463 e. The molecule has 2 unspecified atom stereocenters. The van der Waals surface area contributed by atoms with E-state index in [1.807, 2.05) is 11.0 Å². The molecule has 2 aromatic rings. The Balaban J connectivity index is 1.54. The molecular formula is C18H18N2O3. The van der Waals surface area contributed by atoms with E-state index in [1.54, 1.807) is 18.2 Å². The average Bonchev–Trinajstić information content (AvgIpc) is 2.51. The molecule has 0 N–H and O–H groups in total. The number of amides is 1. The molecule has 1 aliphatic carbocycles. The zero-order chi connectivity index (χ0) is 15.6. The Bertz CT molecular complexity index is 870. The number of hydrogen-bond acceptors (Lipinski definition) is 4. The van der Waals surface area contributed by atoms with E-state index >= 15 is 0 Å². The number of fused-ring (bicyclic) bond motifs is 1. The summed E-state index contributed by atoms with van der Waals surface area (Å²) in [4.78, 5) is 30.1. The second-order valence-electron chi connectivity index (χ2n) is 6.87. The minimum absolute atomic E-state index is 0.165. The van der Waals surface area contributed by atoms with E-state index in [2.05, 4.69) is 4.90 Å². The molecule has 0 radical (unpaired) electrons. The molecule has 1 spiro atoms. The first-order chi connectivity index (χ1) is 11.2. The molecule has 23 heavy (non-hydrogen) atoms. The third-order valence-corrected chi connectivity index (χ3v) is 6.07. The molecular weight excluding hydrogens is 292 g/mol. The van der Waals surface area contributed by atoms with Gasteiger partial charge in [-0.25, -0.2) is 0 Å². The van der Waals surface area contributed by atoms with Crippen LogP contribution in [0.2, 0.25) is 0 Å². The fraction of sp³-hybridized carbons (Fsp3) is 0.444. The van der Waals surface area contributed by atoms with Crippen molar-refractivity contribution in [1.29, 1.82) is 0 Å². The quantitative estimate of drug-likeness (QED) is 0.807. The summed E-state index contributed by atoms with van der Waals surface area (Å²) in [5, 5.41) is 0.476. The van der Waals surface area contributed by atoms with E-state index in [-0.39, 0.29) is 28.5 Å². The van der Waals surface area contributed by atoms with E-state index in [1.165, 1.54) is 19.1 Å². The van der Waals surface area contributed by atoms with Crippen LogP contribution in [0, 0.1) is 0 Å². The zero-order valence-corrected chi connectivity index (χ0v) is 12.8. The highest BCUT2D eigenvalue weighted by Crippen LogP contribution is 2.51. The van der Waals surface area contributed by atoms with Crippen molar-refractivity contribution in [2.24, 2.45) is 0 Å². The van der Waals surface area contributed by atoms with Crippen molar-refractivity contribution in [3.05, 3.63) is 46.3 Å². The molecule has 1 amide bonds. The Labute approximate surface area is 133 Å². The number of nitrogens with zero attached hydrogens (tertiary/aromatic N) is 2. The average molecular weight is 310 g/mol. The van der Waals surface area contributed by atoms with Crippen LogP contribution in [0.5, 0.6) is 0 Å². The van der Waals surface area contributed by atoms with Gasteiger partial charge in [-0.2, -0.15) is 0 Å². The maximum Gasteiger partial charge on any atom is 0.261 e. The highest BCUT2D eigenvalue weighted by Gasteiger charge is 2.61. The topological polar surface area (TPSA) is 53.8 Å². The smallest absolute Gasteiger partial charge is 0.261 e. The fourth-order valence-corrected chi connectivity index (χ4v) is 4.61. The third kappa shape index (κ3) is 1.60. The molecule has 1 aromatic heterocycles. The lowest BCUT2D eigenvalue weighted by atomic mass is 9.61. The van der Waals surface area contributed by atoms with Gasteiger partial charge in [0.1, 0.15) is 17.4 Å². The molecule has 5 heteroatoms. The molecule has 3 aliphatic rings. The summed E-state index contributed by atoms with van der Waals surface area (Å²) in [5.41, 5.74) is 0.683. The van der Waals surface area contributed by atoms with Gasteiger partial charge < -0.3 is 9.32 Å². The van der Waals surface area contributed by atoms with Gasteiger partial charge in [0.2, 0.25) is 5.43 Å². The SMILES string of the molecule is O=C(c1coc2ccccc2c1=O)N1CCN2CCC23CCC13. The van der Waals surface area contributed by atoms with Crippen LogP contribution in [0.1, 0.15) is 29.6 Å². The molecule has 2 aliphatic heterocycles. The second-order valence-corrected chi connectivity index (χ2v) is 6.87. The van der Waals surface area contributed by atoms with Gasteiger partial charge in [-0.05, 0) is 31.4 Å². The lowest BCUT2D eigenvalue weighted by molar-refractivity contribution is -0.161. The van der Waals surface area contributed by atoms with Crippen molar-refractivity contribution in [1.82, 2.24) is 9.80 Å². The van der Waals surface area contributed by atoms with Crippen LogP contribution >= 0.6 is 0 Å². The van der Waals surface area contributed by atoms with Crippen molar-refractivity contribution < 1.29 is 9.21 Å². The van der Waals surface area contributed by atoms with E-state index in [9.17, 15) is 9.59 Å². The van der Waals surface area contributed by atoms with Gasteiger partial charge in [-0.3, -0.25) is 14.5 Å². The summed E-state index contributed by atoms with van der Waals surface area (Å²) in [7, 11) is 0. The van der Waals surface area contributed by atoms with Crippen LogP contribution in [-0.2, 0) is 0 Å². The van der Waals surface area contributed by atoms with Crippen LogP contribution in [0.3, 0.4) is 0 Å². The highest BCUT2D eigenvalue weighted by atomic mass is 16.3. The van der Waals surface area contributed by atoms with Crippen LogP contribution in [0.15, 0.2) is 39.7 Å². The Morgan fingerprint density at radius 3 is 2.78 bits per heavy atom. The van der Waals surface area contributed by atoms with Crippen molar-refractivity contribution in [2.75, 3.05) is 19.6 Å². The van der Waals surface area contributed by atoms with Crippen molar-refractivity contribution in [2.45, 2.75) is 30.8 Å². The van der Waals surface area contributed by atoms with Crippen LogP contribution in [0.25, 0.3) is 11.0 Å². The predicted molar refractivity (Wildman–Crippen MR) is 85.5 cm³/mol. The Kier molecular flexibility index (Phi) is 2.57. The van der Waals surface area contributed by atoms with Crippen LogP contribution < -0.4 is 5.43 Å². The molecule has 2 atom stereocenters. The number of rotatable bonds is 1. The number of benzene rings is 1. The molecule has 3 fully saturated rings. The minimum atomic E-state index is -0.221. The summed E-state index contributed by atoms with van der Waals surface area (Å²) in [6, 6.07) is 7.34. The summed E-state index contributed by atoms with van der Waals surface area (Å²) in [5.74, 6) is -0.167. The first kappa shape index (κ1) is 13.3. The Hall–Kier alpha value is -2.14. The van der Waals surface area contributed by atoms with Gasteiger partial charge in [0.15, 0.2) is 0 Å². The predicted octanol–water partition coefficient (Wildman–Crippen LogP) is 1.86. The highest BCUT2D eigenvalue weighted by molar-refractivity contribution is 5.97. The summed E-state index contributed by atoms with van der Waals surface area (Å²) < 4.78 is 5.52. The number of carbonyl (C=O) groups excluding carboxylic acids is 1. The monoisotopic (exact) mass is 310 g/mol. The maximum absolute atomic E-state index is 13.0. The molecule has 5 nitrogen and oxygen atoms in total. The molecule has 3 heterocycles. The van der Waals surface area contributed by atoms with Gasteiger partial charge in [0.05, 0.1) is 11.4 Å². The zero-order valence-electron chi connectivity index (χ0n) is 12.8. The molecule has 0 bridgehead atoms. The first-order valence-corrected chi connectivity index (χ1v) is 8.27. The number of carbonyl (C=O) groups is 1. The second kappa shape index (κ2) is 4.45. The molecule has 2 saturated heterocycles. The lowest BCUT2D eigenvalue weighted by Crippen LogP contribution is -2.79. The van der Waals surface area contributed by atoms with E-state index in [0.717, 1.165) is 19.5 Å². The molecule has 5 rings (SSSR count). The van der Waals surface area contributed by atoms with Crippen LogP contribution in [-0.4, -0.2) is 46.9 Å². The Morgan fingerprint density at radius 2 is 2.04 bits per heavy atom. The largest absolute Gasteiger partial charge is 0.463 e. The van der Waals surface area contributed by atoms with Gasteiger partial charge in [0, 0.05) is 25.2 Å². The van der Waals surface area contributed by atoms with E-state index in [0.29, 0.717) is 17.5 Å². The van der Waals surface area contributed by atoms with Crippen molar-refractivity contribution in [3.8, 4) is 0 Å². The van der Waals surface area contributed by atoms with Gasteiger partial charge in [-0.1, -0.05) is 12.1 Å². The maximum atomic E-state index is 13.0. The van der Waals surface area contributed by atoms with Crippen molar-refractivity contribution >= 4 is 16.9 Å². The van der Waals surface area contributed by atoms with Gasteiger partial charge in [0.25, 0.3) is 5.91 Å².